The molecule has 2 N–H and O–H groups in total. The summed E-state index contributed by atoms with van der Waals surface area (Å²) < 4.78 is 1.90. The Balaban J connectivity index is 1.21. The zero-order chi connectivity index (χ0) is 27.0. The number of aromatic nitrogens is 2. The van der Waals surface area contributed by atoms with Crippen molar-refractivity contribution in [2.75, 3.05) is 0 Å². The van der Waals surface area contributed by atoms with Crippen LogP contribution in [0.2, 0.25) is 0 Å². The third-order valence-corrected chi connectivity index (χ3v) is 8.30. The van der Waals surface area contributed by atoms with E-state index < -0.39 is 5.97 Å². The number of benzene rings is 3. The molecule has 0 radical (unpaired) electrons. The second-order valence-electron chi connectivity index (χ2n) is 11.1. The number of nitrogens with zero attached hydrogens (tertiary/aromatic N) is 2. The minimum absolute atomic E-state index is 0.0987. The Morgan fingerprint density at radius 2 is 1.72 bits per heavy atom. The average Bonchev–Trinajstić information content (AvgIpc) is 3.31. The molecule has 4 aromatic rings. The van der Waals surface area contributed by atoms with Gasteiger partial charge < -0.3 is 10.4 Å². The van der Waals surface area contributed by atoms with Crippen LogP contribution < -0.4 is 5.32 Å². The maximum atomic E-state index is 13.5. The second kappa shape index (κ2) is 10.1. The van der Waals surface area contributed by atoms with Gasteiger partial charge in [0.05, 0.1) is 23.8 Å². The molecule has 3 aromatic carbocycles. The highest BCUT2D eigenvalue weighted by atomic mass is 16.4. The molecule has 1 aromatic heterocycles. The van der Waals surface area contributed by atoms with E-state index in [2.05, 4.69) is 58.7 Å². The molecular formula is C33H31N3O3. The number of nitrogens with one attached hydrogen (secondary N) is 1. The van der Waals surface area contributed by atoms with Gasteiger partial charge in [0.15, 0.2) is 0 Å². The Morgan fingerprint density at radius 3 is 2.41 bits per heavy atom. The first-order valence-corrected chi connectivity index (χ1v) is 13.5. The average molecular weight is 518 g/mol. The highest BCUT2D eigenvalue weighted by Gasteiger charge is 2.53. The third-order valence-electron chi connectivity index (χ3n) is 8.30. The summed E-state index contributed by atoms with van der Waals surface area (Å²) in [5, 5.41) is 17.8. The molecule has 0 unspecified atom stereocenters. The zero-order valence-corrected chi connectivity index (χ0v) is 22.0. The van der Waals surface area contributed by atoms with E-state index in [0.29, 0.717) is 12.1 Å². The number of amides is 1. The van der Waals surface area contributed by atoms with Crippen molar-refractivity contribution in [3.05, 3.63) is 89.6 Å². The van der Waals surface area contributed by atoms with E-state index in [-0.39, 0.29) is 29.7 Å². The van der Waals surface area contributed by atoms with Gasteiger partial charge in [-0.25, -0.2) is 0 Å². The summed E-state index contributed by atoms with van der Waals surface area (Å²) in [6.45, 7) is 2.35. The predicted octanol–water partition coefficient (Wildman–Crippen LogP) is 5.89. The number of carboxylic acid groups (broad SMARTS) is 1. The Hall–Kier alpha value is -4.37. The van der Waals surface area contributed by atoms with E-state index in [1.165, 1.54) is 5.56 Å². The van der Waals surface area contributed by atoms with Gasteiger partial charge in [0.1, 0.15) is 0 Å². The normalized spacial score (nSPS) is 21.5. The summed E-state index contributed by atoms with van der Waals surface area (Å²) in [6.07, 6.45) is 5.81. The molecule has 0 bridgehead atoms. The highest BCUT2D eigenvalue weighted by Crippen LogP contribution is 2.59. The molecule has 1 spiro atoms. The lowest BCUT2D eigenvalue weighted by Crippen LogP contribution is -2.56. The van der Waals surface area contributed by atoms with Crippen molar-refractivity contribution in [2.24, 2.45) is 11.3 Å². The minimum Gasteiger partial charge on any atom is -0.481 e. The largest absolute Gasteiger partial charge is 0.481 e. The van der Waals surface area contributed by atoms with Crippen LogP contribution in [0.25, 0.3) is 22.0 Å². The van der Waals surface area contributed by atoms with Crippen LogP contribution in [0.4, 0.5) is 0 Å². The summed E-state index contributed by atoms with van der Waals surface area (Å²) in [5.74, 6) is 5.58. The van der Waals surface area contributed by atoms with E-state index >= 15 is 0 Å². The SMILES string of the molecule is CC#Cc1ccc(C(=O)NC2CC3(CC(CC(=O)O)C3)C2)c2c1cnn2Cc1ccc(-c2ccccc2)cc1. The summed E-state index contributed by atoms with van der Waals surface area (Å²) in [5.41, 5.74) is 5.90. The lowest BCUT2D eigenvalue weighted by Gasteiger charge is -2.57. The molecular weight excluding hydrogens is 486 g/mol. The molecule has 2 saturated carbocycles. The summed E-state index contributed by atoms with van der Waals surface area (Å²) in [4.78, 5) is 24.5. The maximum absolute atomic E-state index is 13.5. The first-order chi connectivity index (χ1) is 18.9. The van der Waals surface area contributed by atoms with Crippen molar-refractivity contribution in [3.63, 3.8) is 0 Å². The second-order valence-corrected chi connectivity index (χ2v) is 11.1. The fourth-order valence-electron chi connectivity index (χ4n) is 6.60. The smallest absolute Gasteiger partial charge is 0.303 e. The van der Waals surface area contributed by atoms with Gasteiger partial charge in [-0.1, -0.05) is 60.5 Å². The van der Waals surface area contributed by atoms with Crippen molar-refractivity contribution in [3.8, 4) is 23.0 Å². The van der Waals surface area contributed by atoms with Crippen LogP contribution in [0.5, 0.6) is 0 Å². The number of carbonyl (C=O) groups excluding carboxylic acids is 1. The minimum atomic E-state index is -0.719. The number of carboxylic acids is 1. The fourth-order valence-corrected chi connectivity index (χ4v) is 6.60. The van der Waals surface area contributed by atoms with Gasteiger partial charge in [-0.2, -0.15) is 5.10 Å². The molecule has 1 heterocycles. The molecule has 0 saturated heterocycles. The highest BCUT2D eigenvalue weighted by molar-refractivity contribution is 6.07. The van der Waals surface area contributed by atoms with Crippen LogP contribution in [0.15, 0.2) is 72.9 Å². The zero-order valence-electron chi connectivity index (χ0n) is 22.0. The van der Waals surface area contributed by atoms with Gasteiger partial charge in [0, 0.05) is 23.4 Å². The summed E-state index contributed by atoms with van der Waals surface area (Å²) in [7, 11) is 0. The van der Waals surface area contributed by atoms with Crippen LogP contribution in [0.3, 0.4) is 0 Å². The van der Waals surface area contributed by atoms with Crippen LogP contribution in [0.1, 0.15) is 60.5 Å². The first-order valence-electron chi connectivity index (χ1n) is 13.5. The molecule has 2 aliphatic rings. The molecule has 6 heteroatoms. The van der Waals surface area contributed by atoms with E-state index in [1.807, 2.05) is 35.0 Å². The van der Waals surface area contributed by atoms with Crippen LogP contribution in [-0.2, 0) is 11.3 Å². The van der Waals surface area contributed by atoms with Crippen LogP contribution in [0, 0.1) is 23.2 Å². The number of hydrogen-bond acceptors (Lipinski definition) is 3. The summed E-state index contributed by atoms with van der Waals surface area (Å²) in [6, 6.07) is 22.6. The van der Waals surface area contributed by atoms with Crippen molar-refractivity contribution in [1.29, 1.82) is 0 Å². The van der Waals surface area contributed by atoms with Gasteiger partial charge in [0.2, 0.25) is 0 Å². The van der Waals surface area contributed by atoms with Crippen LogP contribution >= 0.6 is 0 Å². The van der Waals surface area contributed by atoms with Gasteiger partial charge in [-0.15, -0.1) is 5.92 Å². The molecule has 2 fully saturated rings. The molecule has 6 nitrogen and oxygen atoms in total. The van der Waals surface area contributed by atoms with E-state index in [1.54, 1.807) is 13.1 Å². The number of hydrogen-bond donors (Lipinski definition) is 2. The number of aliphatic carboxylic acids is 1. The monoisotopic (exact) mass is 517 g/mol. The quantitative estimate of drug-likeness (QED) is 0.300. The molecule has 1 amide bonds. The van der Waals surface area contributed by atoms with E-state index in [0.717, 1.165) is 53.3 Å². The van der Waals surface area contributed by atoms with Crippen molar-refractivity contribution >= 4 is 22.8 Å². The van der Waals surface area contributed by atoms with Crippen LogP contribution in [-0.4, -0.2) is 32.8 Å². The molecule has 0 atom stereocenters. The Bertz CT molecular complexity index is 1600. The lowest BCUT2D eigenvalue weighted by atomic mass is 9.49. The standard InChI is InChI=1S/C33H31N3O3/c1-2-6-26-13-14-28(32(39)35-27-18-33(19-27)16-23(17-33)15-30(37)38)31-29(26)20-34-36(31)21-22-9-11-25(12-10-22)24-7-4-3-5-8-24/h3-5,7-14,20,23,27H,15-19,21H2,1H3,(H,35,39)(H,37,38). The van der Waals surface area contributed by atoms with Crippen molar-refractivity contribution < 1.29 is 14.7 Å². The van der Waals surface area contributed by atoms with Gasteiger partial charge in [-0.05, 0) is 72.8 Å². The number of rotatable bonds is 7. The summed E-state index contributed by atoms with van der Waals surface area (Å²) >= 11 is 0. The van der Waals surface area contributed by atoms with Gasteiger partial charge in [0.25, 0.3) is 5.91 Å². The Labute approximate surface area is 228 Å². The van der Waals surface area contributed by atoms with Crippen molar-refractivity contribution in [2.45, 2.75) is 51.6 Å². The van der Waals surface area contributed by atoms with E-state index in [9.17, 15) is 9.59 Å². The number of fused-ring (bicyclic) bond motifs is 1. The number of carbonyl (C=O) groups is 2. The molecule has 0 aliphatic heterocycles. The van der Waals surface area contributed by atoms with Gasteiger partial charge in [-0.3, -0.25) is 14.3 Å². The Morgan fingerprint density at radius 1 is 1.00 bits per heavy atom. The van der Waals surface area contributed by atoms with E-state index in [4.69, 9.17) is 5.11 Å². The van der Waals surface area contributed by atoms with Crippen molar-refractivity contribution in [1.82, 2.24) is 15.1 Å². The predicted molar refractivity (Wildman–Crippen MR) is 151 cm³/mol. The molecule has 2 aliphatic carbocycles. The topological polar surface area (TPSA) is 84.2 Å². The molecule has 39 heavy (non-hydrogen) atoms. The lowest BCUT2D eigenvalue weighted by molar-refractivity contribution is -0.142. The third kappa shape index (κ3) is 4.93. The Kier molecular flexibility index (Phi) is 6.44. The first kappa shape index (κ1) is 24.9. The molecule has 6 rings (SSSR count). The van der Waals surface area contributed by atoms with Gasteiger partial charge >= 0.3 is 5.97 Å². The molecule has 196 valence electrons. The maximum Gasteiger partial charge on any atom is 0.303 e. The fraction of sp³-hybridized carbons (Fsp3) is 0.303.